The quantitative estimate of drug-likeness (QED) is 0.747. The molecular weight excluding hydrogens is 292 g/mol. The van der Waals surface area contributed by atoms with Crippen LogP contribution in [-0.4, -0.2) is 38.7 Å². The van der Waals surface area contributed by atoms with E-state index in [1.807, 2.05) is 12.1 Å². The highest BCUT2D eigenvalue weighted by Crippen LogP contribution is 2.23. The lowest BCUT2D eigenvalue weighted by atomic mass is 10.2. The number of nitrogens with zero attached hydrogens (tertiary/aromatic N) is 1. The maximum Gasteiger partial charge on any atom is 0.123 e. The zero-order chi connectivity index (χ0) is 13.4. The lowest BCUT2D eigenvalue weighted by Gasteiger charge is -2.14. The van der Waals surface area contributed by atoms with E-state index < -0.39 is 0 Å². The van der Waals surface area contributed by atoms with E-state index in [4.69, 9.17) is 4.74 Å². The summed E-state index contributed by atoms with van der Waals surface area (Å²) in [5, 5.41) is 3.41. The Bertz CT molecular complexity index is 356. The second kappa shape index (κ2) is 8.51. The van der Waals surface area contributed by atoms with E-state index >= 15 is 0 Å². The number of ether oxygens (including phenoxy) is 1. The van der Waals surface area contributed by atoms with Crippen LogP contribution in [0, 0.1) is 0 Å². The van der Waals surface area contributed by atoms with Gasteiger partial charge >= 0.3 is 0 Å². The molecule has 0 aromatic heterocycles. The van der Waals surface area contributed by atoms with Crippen LogP contribution in [0.3, 0.4) is 0 Å². The minimum atomic E-state index is 0.718. The SMILES string of the molecule is CCCNCc1cc(Br)ccc1OCCN(C)C. The molecule has 0 atom stereocenters. The predicted molar refractivity (Wildman–Crippen MR) is 80.2 cm³/mol. The summed E-state index contributed by atoms with van der Waals surface area (Å²) in [5.74, 6) is 0.976. The van der Waals surface area contributed by atoms with E-state index in [0.717, 1.165) is 42.9 Å². The van der Waals surface area contributed by atoms with Gasteiger partial charge in [0.1, 0.15) is 12.4 Å². The van der Waals surface area contributed by atoms with Crippen LogP contribution in [0.5, 0.6) is 5.75 Å². The Hall–Kier alpha value is -0.580. The minimum absolute atomic E-state index is 0.718. The number of rotatable bonds is 8. The van der Waals surface area contributed by atoms with Crippen LogP contribution >= 0.6 is 15.9 Å². The van der Waals surface area contributed by atoms with Gasteiger partial charge in [0.25, 0.3) is 0 Å². The van der Waals surface area contributed by atoms with Crippen molar-refractivity contribution in [2.75, 3.05) is 33.8 Å². The summed E-state index contributed by atoms with van der Waals surface area (Å²) in [7, 11) is 4.10. The molecule has 1 rings (SSSR count). The summed E-state index contributed by atoms with van der Waals surface area (Å²) in [6.07, 6.45) is 1.14. The molecule has 0 spiro atoms. The summed E-state index contributed by atoms with van der Waals surface area (Å²) in [6, 6.07) is 6.17. The zero-order valence-corrected chi connectivity index (χ0v) is 13.1. The molecule has 0 aliphatic rings. The number of nitrogens with one attached hydrogen (secondary N) is 1. The van der Waals surface area contributed by atoms with E-state index in [0.29, 0.717) is 0 Å². The van der Waals surface area contributed by atoms with Crippen molar-refractivity contribution >= 4 is 15.9 Å². The highest BCUT2D eigenvalue weighted by atomic mass is 79.9. The largest absolute Gasteiger partial charge is 0.492 e. The van der Waals surface area contributed by atoms with Crippen molar-refractivity contribution in [2.24, 2.45) is 0 Å². The van der Waals surface area contributed by atoms with Crippen molar-refractivity contribution < 1.29 is 4.74 Å². The number of likely N-dealkylation sites (N-methyl/N-ethyl adjacent to an activating group) is 1. The van der Waals surface area contributed by atoms with Crippen LogP contribution in [0.2, 0.25) is 0 Å². The van der Waals surface area contributed by atoms with Gasteiger partial charge < -0.3 is 15.0 Å². The molecule has 0 aliphatic heterocycles. The lowest BCUT2D eigenvalue weighted by Crippen LogP contribution is -2.20. The van der Waals surface area contributed by atoms with Crippen LogP contribution in [0.25, 0.3) is 0 Å². The molecule has 1 aromatic rings. The minimum Gasteiger partial charge on any atom is -0.492 e. The maximum absolute atomic E-state index is 5.83. The summed E-state index contributed by atoms with van der Waals surface area (Å²) >= 11 is 3.51. The van der Waals surface area contributed by atoms with Crippen molar-refractivity contribution in [1.29, 1.82) is 0 Å². The Morgan fingerprint density at radius 3 is 2.78 bits per heavy atom. The average Bonchev–Trinajstić information content (AvgIpc) is 2.32. The number of hydrogen-bond donors (Lipinski definition) is 1. The van der Waals surface area contributed by atoms with Crippen LogP contribution in [0.15, 0.2) is 22.7 Å². The summed E-state index contributed by atoms with van der Waals surface area (Å²) in [5.41, 5.74) is 1.21. The van der Waals surface area contributed by atoms with Gasteiger partial charge in [0.2, 0.25) is 0 Å². The third-order valence-electron chi connectivity index (χ3n) is 2.56. The molecule has 4 heteroatoms. The Labute approximate surface area is 119 Å². The third kappa shape index (κ3) is 5.85. The van der Waals surface area contributed by atoms with Gasteiger partial charge in [0, 0.05) is 23.1 Å². The monoisotopic (exact) mass is 314 g/mol. The first-order chi connectivity index (χ1) is 8.63. The maximum atomic E-state index is 5.83. The van der Waals surface area contributed by atoms with E-state index in [1.165, 1.54) is 5.56 Å². The fourth-order valence-electron chi connectivity index (χ4n) is 1.56. The van der Waals surface area contributed by atoms with Crippen molar-refractivity contribution in [1.82, 2.24) is 10.2 Å². The van der Waals surface area contributed by atoms with E-state index in [1.54, 1.807) is 0 Å². The molecule has 0 aliphatic carbocycles. The first kappa shape index (κ1) is 15.5. The standard InChI is InChI=1S/C14H23BrN2O/c1-4-7-16-11-12-10-13(15)5-6-14(12)18-9-8-17(2)3/h5-6,10,16H,4,7-9,11H2,1-3H3. The van der Waals surface area contributed by atoms with Crippen LogP contribution in [0.1, 0.15) is 18.9 Å². The van der Waals surface area contributed by atoms with Gasteiger partial charge in [-0.1, -0.05) is 22.9 Å². The van der Waals surface area contributed by atoms with Gasteiger partial charge in [-0.3, -0.25) is 0 Å². The van der Waals surface area contributed by atoms with E-state index in [-0.39, 0.29) is 0 Å². The molecule has 0 radical (unpaired) electrons. The molecule has 0 heterocycles. The molecule has 102 valence electrons. The first-order valence-electron chi connectivity index (χ1n) is 6.40. The van der Waals surface area contributed by atoms with Gasteiger partial charge in [-0.2, -0.15) is 0 Å². The van der Waals surface area contributed by atoms with Crippen molar-refractivity contribution in [3.8, 4) is 5.75 Å². The molecule has 1 N–H and O–H groups in total. The molecule has 0 fully saturated rings. The summed E-state index contributed by atoms with van der Waals surface area (Å²) < 4.78 is 6.92. The van der Waals surface area contributed by atoms with Gasteiger partial charge in [-0.05, 0) is 45.3 Å². The Morgan fingerprint density at radius 1 is 1.33 bits per heavy atom. The molecule has 3 nitrogen and oxygen atoms in total. The zero-order valence-electron chi connectivity index (χ0n) is 11.5. The lowest BCUT2D eigenvalue weighted by molar-refractivity contribution is 0.259. The smallest absolute Gasteiger partial charge is 0.123 e. The number of hydrogen-bond acceptors (Lipinski definition) is 3. The molecule has 1 aromatic carbocycles. The van der Waals surface area contributed by atoms with Crippen LogP contribution in [0.4, 0.5) is 0 Å². The average molecular weight is 315 g/mol. The van der Waals surface area contributed by atoms with Gasteiger partial charge in [0.15, 0.2) is 0 Å². The predicted octanol–water partition coefficient (Wildman–Crippen LogP) is 2.89. The molecule has 18 heavy (non-hydrogen) atoms. The highest BCUT2D eigenvalue weighted by Gasteiger charge is 2.04. The van der Waals surface area contributed by atoms with Crippen molar-refractivity contribution in [2.45, 2.75) is 19.9 Å². The van der Waals surface area contributed by atoms with Crippen LogP contribution in [-0.2, 0) is 6.54 Å². The number of halogens is 1. The second-order valence-electron chi connectivity index (χ2n) is 4.58. The van der Waals surface area contributed by atoms with E-state index in [9.17, 15) is 0 Å². The van der Waals surface area contributed by atoms with Crippen molar-refractivity contribution in [3.05, 3.63) is 28.2 Å². The van der Waals surface area contributed by atoms with Gasteiger partial charge in [-0.25, -0.2) is 0 Å². The molecule has 0 amide bonds. The fourth-order valence-corrected chi connectivity index (χ4v) is 1.97. The normalized spacial score (nSPS) is 10.9. The molecule has 0 saturated heterocycles. The Kier molecular flexibility index (Phi) is 7.32. The van der Waals surface area contributed by atoms with Gasteiger partial charge in [-0.15, -0.1) is 0 Å². The molecule has 0 unspecified atom stereocenters. The van der Waals surface area contributed by atoms with E-state index in [2.05, 4.69) is 53.2 Å². The second-order valence-corrected chi connectivity index (χ2v) is 5.50. The molecule has 0 bridgehead atoms. The summed E-state index contributed by atoms with van der Waals surface area (Å²) in [4.78, 5) is 2.12. The topological polar surface area (TPSA) is 24.5 Å². The van der Waals surface area contributed by atoms with Crippen LogP contribution < -0.4 is 10.1 Å². The molecular formula is C14H23BrN2O. The Morgan fingerprint density at radius 2 is 2.11 bits per heavy atom. The van der Waals surface area contributed by atoms with Gasteiger partial charge in [0.05, 0.1) is 0 Å². The third-order valence-corrected chi connectivity index (χ3v) is 3.05. The Balaban J connectivity index is 2.58. The molecule has 0 saturated carbocycles. The summed E-state index contributed by atoms with van der Waals surface area (Å²) in [6.45, 7) is 5.70. The van der Waals surface area contributed by atoms with Crippen molar-refractivity contribution in [3.63, 3.8) is 0 Å². The fraction of sp³-hybridized carbons (Fsp3) is 0.571. The first-order valence-corrected chi connectivity index (χ1v) is 7.19. The highest BCUT2D eigenvalue weighted by molar-refractivity contribution is 9.10. The number of benzene rings is 1.